The van der Waals surface area contributed by atoms with E-state index in [9.17, 15) is 13.6 Å². The Morgan fingerprint density at radius 2 is 1.85 bits per heavy atom. The molecule has 1 aromatic carbocycles. The molecule has 0 saturated carbocycles. The maximum Gasteiger partial charge on any atom is 0.351 e. The zero-order valence-electron chi connectivity index (χ0n) is 6.64. The van der Waals surface area contributed by atoms with Gasteiger partial charge in [-0.25, -0.2) is 9.00 Å². The van der Waals surface area contributed by atoms with Gasteiger partial charge in [0.2, 0.25) is 0 Å². The van der Waals surface area contributed by atoms with E-state index < -0.39 is 17.3 Å². The van der Waals surface area contributed by atoms with Crippen molar-refractivity contribution >= 4 is 17.3 Å². The van der Waals surface area contributed by atoms with Crippen LogP contribution in [0, 0.1) is 0 Å². The summed E-state index contributed by atoms with van der Waals surface area (Å²) >= 11 is -2.80. The van der Waals surface area contributed by atoms with Crippen molar-refractivity contribution in [3.8, 4) is 0 Å². The fraction of sp³-hybridized carbons (Fsp3) is 0. The predicted octanol–water partition coefficient (Wildman–Crippen LogP) is 0.800. The summed E-state index contributed by atoms with van der Waals surface area (Å²) < 4.78 is 23.8. The van der Waals surface area contributed by atoms with Crippen molar-refractivity contribution in [2.24, 2.45) is 0 Å². The van der Waals surface area contributed by atoms with E-state index in [0.717, 1.165) is 0 Å². The van der Waals surface area contributed by atoms with Crippen LogP contribution in [0.2, 0.25) is 0 Å². The Bertz CT molecular complexity index is 301. The molecule has 0 saturated heterocycles. The van der Waals surface area contributed by atoms with Gasteiger partial charge in [0.25, 0.3) is 0 Å². The van der Waals surface area contributed by atoms with Crippen molar-refractivity contribution < 1.29 is 17.7 Å². The largest absolute Gasteiger partial charge is 0.740 e. The van der Waals surface area contributed by atoms with E-state index >= 15 is 0 Å². The molecule has 0 fully saturated rings. The van der Waals surface area contributed by atoms with Crippen molar-refractivity contribution in [3.05, 3.63) is 35.9 Å². The average Bonchev–Trinajstić information content (AvgIpc) is 2.05. The summed E-state index contributed by atoms with van der Waals surface area (Å²) in [6.07, 6.45) is 0. The average molecular weight is 202 g/mol. The van der Waals surface area contributed by atoms with Crippen LogP contribution in [0.4, 0.5) is 0 Å². The van der Waals surface area contributed by atoms with Gasteiger partial charge in [-0.2, -0.15) is 0 Å². The standard InChI is InChI=1S/C7H6O4S.H3N/c8-7(11-12(9)10)6-4-2-1-3-5-6;/h1-5H,(H,9,10);1H3/p-1. The van der Waals surface area contributed by atoms with Crippen LogP contribution < -0.4 is 6.15 Å². The zero-order chi connectivity index (χ0) is 8.97. The molecule has 72 valence electrons. The van der Waals surface area contributed by atoms with E-state index in [1.165, 1.54) is 12.1 Å². The second kappa shape index (κ2) is 5.41. The second-order valence-electron chi connectivity index (χ2n) is 1.94. The lowest BCUT2D eigenvalue weighted by molar-refractivity contribution is 0.0742. The monoisotopic (exact) mass is 202 g/mol. The van der Waals surface area contributed by atoms with Crippen molar-refractivity contribution in [2.75, 3.05) is 0 Å². The number of carbonyl (C=O) groups excluding carboxylic acids is 1. The first-order valence-electron chi connectivity index (χ1n) is 3.07. The third-order valence-corrected chi connectivity index (χ3v) is 1.44. The van der Waals surface area contributed by atoms with Crippen LogP contribution in [-0.2, 0) is 15.5 Å². The van der Waals surface area contributed by atoms with Crippen molar-refractivity contribution in [1.82, 2.24) is 6.15 Å². The second-order valence-corrected chi connectivity index (χ2v) is 2.52. The highest BCUT2D eigenvalue weighted by Gasteiger charge is 2.04. The first kappa shape index (κ1) is 11.8. The molecule has 0 aliphatic heterocycles. The van der Waals surface area contributed by atoms with Gasteiger partial charge in [-0.1, -0.05) is 18.2 Å². The third kappa shape index (κ3) is 3.79. The Morgan fingerprint density at radius 3 is 2.31 bits per heavy atom. The van der Waals surface area contributed by atoms with E-state index in [4.69, 9.17) is 0 Å². The summed E-state index contributed by atoms with van der Waals surface area (Å²) in [6, 6.07) is 7.88. The molecule has 6 heteroatoms. The lowest BCUT2D eigenvalue weighted by atomic mass is 10.2. The van der Waals surface area contributed by atoms with Gasteiger partial charge in [0, 0.05) is 0 Å². The molecule has 5 nitrogen and oxygen atoms in total. The van der Waals surface area contributed by atoms with Gasteiger partial charge >= 0.3 is 5.97 Å². The van der Waals surface area contributed by atoms with Gasteiger partial charge in [0.15, 0.2) is 0 Å². The summed E-state index contributed by atoms with van der Waals surface area (Å²) in [7, 11) is 0. The van der Waals surface area contributed by atoms with Gasteiger partial charge in [-0.3, -0.25) is 0 Å². The first-order chi connectivity index (χ1) is 5.70. The van der Waals surface area contributed by atoms with Crippen LogP contribution >= 0.6 is 0 Å². The Kier molecular flexibility index (Phi) is 4.90. The van der Waals surface area contributed by atoms with E-state index in [1.54, 1.807) is 18.2 Å². The number of hydrogen-bond donors (Lipinski definition) is 1. The van der Waals surface area contributed by atoms with Gasteiger partial charge < -0.3 is 14.9 Å². The molecule has 0 aliphatic rings. The van der Waals surface area contributed by atoms with Crippen molar-refractivity contribution in [3.63, 3.8) is 0 Å². The molecule has 0 spiro atoms. The fourth-order valence-corrected chi connectivity index (χ4v) is 0.904. The Morgan fingerprint density at radius 1 is 1.31 bits per heavy atom. The van der Waals surface area contributed by atoms with Crippen LogP contribution in [-0.4, -0.2) is 14.7 Å². The zero-order valence-corrected chi connectivity index (χ0v) is 7.45. The van der Waals surface area contributed by atoms with Gasteiger partial charge in [0.1, 0.15) is 11.4 Å². The number of carbonyl (C=O) groups is 1. The molecule has 0 radical (unpaired) electrons. The number of rotatable bonds is 2. The maximum atomic E-state index is 10.8. The maximum absolute atomic E-state index is 10.8. The molecule has 0 aromatic heterocycles. The van der Waals surface area contributed by atoms with Crippen LogP contribution in [0.3, 0.4) is 0 Å². The summed E-state index contributed by atoms with van der Waals surface area (Å²) in [6.45, 7) is 0. The van der Waals surface area contributed by atoms with E-state index in [-0.39, 0.29) is 11.7 Å². The molecule has 0 aliphatic carbocycles. The predicted molar refractivity (Wildman–Crippen MR) is 45.8 cm³/mol. The lowest BCUT2D eigenvalue weighted by Crippen LogP contribution is -2.06. The summed E-state index contributed by atoms with van der Waals surface area (Å²) in [4.78, 5) is 10.8. The normalized spacial score (nSPS) is 11.2. The first-order valence-corrected chi connectivity index (χ1v) is 4.07. The van der Waals surface area contributed by atoms with E-state index in [1.807, 2.05) is 0 Å². The minimum absolute atomic E-state index is 0. The Balaban J connectivity index is 0.00000144. The van der Waals surface area contributed by atoms with Crippen LogP contribution in [0.15, 0.2) is 30.3 Å². The molecule has 0 heterocycles. The van der Waals surface area contributed by atoms with Gasteiger partial charge in [-0.15, -0.1) is 0 Å². The summed E-state index contributed by atoms with van der Waals surface area (Å²) in [5.74, 6) is -0.871. The molecule has 1 rings (SSSR count). The highest BCUT2D eigenvalue weighted by atomic mass is 32.2. The topological polar surface area (TPSA) is 101 Å². The highest BCUT2D eigenvalue weighted by Crippen LogP contribution is 2.01. The van der Waals surface area contributed by atoms with Gasteiger partial charge in [0.05, 0.1) is 5.56 Å². The molecule has 13 heavy (non-hydrogen) atoms. The Labute approximate surface area is 77.8 Å². The third-order valence-electron chi connectivity index (χ3n) is 1.15. The summed E-state index contributed by atoms with van der Waals surface area (Å²) in [5, 5.41) is 0. The van der Waals surface area contributed by atoms with Crippen LogP contribution in [0.5, 0.6) is 0 Å². The highest BCUT2D eigenvalue weighted by molar-refractivity contribution is 7.74. The SMILES string of the molecule is N.O=C(OS(=O)[O-])c1ccccc1. The van der Waals surface area contributed by atoms with E-state index in [2.05, 4.69) is 4.18 Å². The van der Waals surface area contributed by atoms with Crippen LogP contribution in [0.1, 0.15) is 10.4 Å². The molecule has 0 bridgehead atoms. The van der Waals surface area contributed by atoms with Gasteiger partial charge in [-0.05, 0) is 12.1 Å². The van der Waals surface area contributed by atoms with Crippen molar-refractivity contribution in [2.45, 2.75) is 0 Å². The molecule has 1 unspecified atom stereocenters. The van der Waals surface area contributed by atoms with Crippen molar-refractivity contribution in [1.29, 1.82) is 0 Å². The minimum atomic E-state index is -2.80. The quantitative estimate of drug-likeness (QED) is 0.714. The molecule has 0 amide bonds. The molecule has 3 N–H and O–H groups in total. The van der Waals surface area contributed by atoms with E-state index in [0.29, 0.717) is 0 Å². The molecule has 1 atom stereocenters. The number of benzene rings is 1. The number of hydrogen-bond acceptors (Lipinski definition) is 5. The molecular weight excluding hydrogens is 194 g/mol. The fourth-order valence-electron chi connectivity index (χ4n) is 0.684. The smallest absolute Gasteiger partial charge is 0.351 e. The lowest BCUT2D eigenvalue weighted by Gasteiger charge is -2.04. The van der Waals surface area contributed by atoms with Crippen LogP contribution in [0.25, 0.3) is 0 Å². The Hall–Kier alpha value is -1.24. The summed E-state index contributed by atoms with van der Waals surface area (Å²) in [5.41, 5.74) is 0.210. The molecular formula is C7H8NO4S-. The molecule has 1 aromatic rings. The minimum Gasteiger partial charge on any atom is -0.740 e.